The lowest BCUT2D eigenvalue weighted by molar-refractivity contribution is -0.127. The first-order valence-corrected chi connectivity index (χ1v) is 3.43. The molecule has 0 rings (SSSR count). The lowest BCUT2D eigenvalue weighted by Gasteiger charge is -2.03. The van der Waals surface area contributed by atoms with Crippen LogP contribution in [0.2, 0.25) is 0 Å². The van der Waals surface area contributed by atoms with Crippen molar-refractivity contribution >= 4 is 5.78 Å². The van der Waals surface area contributed by atoms with Crippen molar-refractivity contribution in [3.05, 3.63) is 0 Å². The highest BCUT2D eigenvalue weighted by Gasteiger charge is 2.09. The minimum Gasteiger partial charge on any atom is -0.385 e. The van der Waals surface area contributed by atoms with Crippen LogP contribution in [0, 0.1) is 0 Å². The quantitative estimate of drug-likeness (QED) is 0.619. The summed E-state index contributed by atoms with van der Waals surface area (Å²) in [5, 5.41) is 8.97. The second kappa shape index (κ2) is 4.50. The number of carbonyl (C=O) groups is 1. The maximum absolute atomic E-state index is 10.7. The van der Waals surface area contributed by atoms with E-state index in [1.165, 1.54) is 0 Å². The van der Waals surface area contributed by atoms with Gasteiger partial charge in [-0.3, -0.25) is 4.79 Å². The Morgan fingerprint density at radius 1 is 1.56 bits per heavy atom. The van der Waals surface area contributed by atoms with Gasteiger partial charge in [0.15, 0.2) is 5.78 Å². The van der Waals surface area contributed by atoms with Gasteiger partial charge in [-0.25, -0.2) is 0 Å². The summed E-state index contributed by atoms with van der Waals surface area (Å²) < 4.78 is 0. The summed E-state index contributed by atoms with van der Waals surface area (Å²) in [6.07, 6.45) is 1.21. The molecule has 0 aromatic heterocycles. The molecule has 0 aliphatic carbocycles. The Hall–Kier alpha value is -0.370. The van der Waals surface area contributed by atoms with Crippen molar-refractivity contribution in [1.82, 2.24) is 0 Å². The van der Waals surface area contributed by atoms with Crippen molar-refractivity contribution in [2.45, 2.75) is 39.2 Å². The van der Waals surface area contributed by atoms with E-state index in [2.05, 4.69) is 0 Å². The third kappa shape index (κ3) is 3.25. The molecule has 0 radical (unpaired) electrons. The third-order valence-corrected chi connectivity index (χ3v) is 1.28. The summed E-state index contributed by atoms with van der Waals surface area (Å²) in [4.78, 5) is 10.7. The summed E-state index contributed by atoms with van der Waals surface area (Å²) in [5.41, 5.74) is 0. The Bertz CT molecular complexity index is 88.9. The largest absolute Gasteiger partial charge is 0.385 e. The van der Waals surface area contributed by atoms with Crippen LogP contribution in [0.5, 0.6) is 0 Å². The van der Waals surface area contributed by atoms with Crippen LogP contribution in [0.25, 0.3) is 0 Å². The minimum absolute atomic E-state index is 0.0446. The number of aliphatic hydroxyl groups is 1. The second-order valence-corrected chi connectivity index (χ2v) is 2.12. The van der Waals surface area contributed by atoms with E-state index in [1.54, 1.807) is 6.92 Å². The number of hydrogen-bond acceptors (Lipinski definition) is 2. The number of aliphatic hydroxyl groups excluding tert-OH is 1. The first kappa shape index (κ1) is 8.63. The zero-order chi connectivity index (χ0) is 7.28. The van der Waals surface area contributed by atoms with Gasteiger partial charge in [-0.2, -0.15) is 0 Å². The van der Waals surface area contributed by atoms with E-state index >= 15 is 0 Å². The minimum atomic E-state index is -0.708. The van der Waals surface area contributed by atoms with Gasteiger partial charge in [0.1, 0.15) is 6.10 Å². The molecule has 0 spiro atoms. The van der Waals surface area contributed by atoms with Crippen molar-refractivity contribution < 1.29 is 9.90 Å². The monoisotopic (exact) mass is 130 g/mol. The third-order valence-electron chi connectivity index (χ3n) is 1.28. The van der Waals surface area contributed by atoms with E-state index in [0.29, 0.717) is 12.8 Å². The molecule has 0 unspecified atom stereocenters. The van der Waals surface area contributed by atoms with Crippen molar-refractivity contribution in [2.75, 3.05) is 0 Å². The number of hydrogen-bond donors (Lipinski definition) is 1. The molecule has 0 saturated heterocycles. The van der Waals surface area contributed by atoms with Gasteiger partial charge in [0.2, 0.25) is 0 Å². The SMILES string of the molecule is CCC[C@@H](O)C(=O)CC. The summed E-state index contributed by atoms with van der Waals surface area (Å²) in [5.74, 6) is -0.0446. The highest BCUT2D eigenvalue weighted by Crippen LogP contribution is 1.98. The van der Waals surface area contributed by atoms with Gasteiger partial charge < -0.3 is 5.11 Å². The van der Waals surface area contributed by atoms with E-state index in [1.807, 2.05) is 6.92 Å². The Balaban J connectivity index is 3.45. The van der Waals surface area contributed by atoms with E-state index < -0.39 is 6.10 Å². The molecule has 0 saturated carbocycles. The van der Waals surface area contributed by atoms with E-state index in [9.17, 15) is 4.79 Å². The van der Waals surface area contributed by atoms with Crippen LogP contribution in [-0.2, 0) is 4.79 Å². The van der Waals surface area contributed by atoms with Gasteiger partial charge in [0, 0.05) is 6.42 Å². The lowest BCUT2D eigenvalue weighted by atomic mass is 10.1. The molecular weight excluding hydrogens is 116 g/mol. The number of Topliss-reactive ketones (excluding diaryl/α,β-unsaturated/α-hetero) is 1. The van der Waals surface area contributed by atoms with E-state index in [0.717, 1.165) is 6.42 Å². The van der Waals surface area contributed by atoms with Crippen molar-refractivity contribution in [1.29, 1.82) is 0 Å². The zero-order valence-electron chi connectivity index (χ0n) is 6.05. The Morgan fingerprint density at radius 2 is 2.11 bits per heavy atom. The van der Waals surface area contributed by atoms with Crippen LogP contribution >= 0.6 is 0 Å². The molecule has 0 aliphatic rings. The Morgan fingerprint density at radius 3 is 2.44 bits per heavy atom. The molecule has 2 nitrogen and oxygen atoms in total. The fourth-order valence-electron chi connectivity index (χ4n) is 0.670. The van der Waals surface area contributed by atoms with E-state index in [-0.39, 0.29) is 5.78 Å². The van der Waals surface area contributed by atoms with Crippen LogP contribution in [0.4, 0.5) is 0 Å². The van der Waals surface area contributed by atoms with Crippen LogP contribution in [0.15, 0.2) is 0 Å². The van der Waals surface area contributed by atoms with Gasteiger partial charge in [-0.05, 0) is 6.42 Å². The van der Waals surface area contributed by atoms with Crippen LogP contribution < -0.4 is 0 Å². The maximum atomic E-state index is 10.7. The first-order chi connectivity index (χ1) is 4.22. The number of ketones is 1. The predicted molar refractivity (Wildman–Crippen MR) is 36.2 cm³/mol. The fourth-order valence-corrected chi connectivity index (χ4v) is 0.670. The molecule has 1 atom stereocenters. The molecule has 0 amide bonds. The predicted octanol–water partition coefficient (Wildman–Crippen LogP) is 1.13. The summed E-state index contributed by atoms with van der Waals surface area (Å²) >= 11 is 0. The molecular formula is C7H14O2. The summed E-state index contributed by atoms with van der Waals surface area (Å²) in [6, 6.07) is 0. The average Bonchev–Trinajstić information content (AvgIpc) is 1.87. The highest BCUT2D eigenvalue weighted by atomic mass is 16.3. The highest BCUT2D eigenvalue weighted by molar-refractivity contribution is 5.82. The molecule has 0 fully saturated rings. The van der Waals surface area contributed by atoms with Gasteiger partial charge >= 0.3 is 0 Å². The number of carbonyl (C=O) groups excluding carboxylic acids is 1. The van der Waals surface area contributed by atoms with Crippen LogP contribution in [0.3, 0.4) is 0 Å². The van der Waals surface area contributed by atoms with E-state index in [4.69, 9.17) is 5.11 Å². The molecule has 0 aromatic rings. The van der Waals surface area contributed by atoms with Gasteiger partial charge in [-0.15, -0.1) is 0 Å². The maximum Gasteiger partial charge on any atom is 0.160 e. The fraction of sp³-hybridized carbons (Fsp3) is 0.857. The lowest BCUT2D eigenvalue weighted by Crippen LogP contribution is -2.18. The molecule has 54 valence electrons. The van der Waals surface area contributed by atoms with Crippen molar-refractivity contribution in [3.8, 4) is 0 Å². The average molecular weight is 130 g/mol. The van der Waals surface area contributed by atoms with Gasteiger partial charge in [-0.1, -0.05) is 20.3 Å². The molecule has 0 heterocycles. The second-order valence-electron chi connectivity index (χ2n) is 2.12. The summed E-state index contributed by atoms with van der Waals surface area (Å²) in [7, 11) is 0. The first-order valence-electron chi connectivity index (χ1n) is 3.43. The Kier molecular flexibility index (Phi) is 4.32. The molecule has 9 heavy (non-hydrogen) atoms. The molecule has 0 aromatic carbocycles. The smallest absolute Gasteiger partial charge is 0.160 e. The Labute approximate surface area is 55.9 Å². The molecule has 2 heteroatoms. The van der Waals surface area contributed by atoms with Gasteiger partial charge in [0.05, 0.1) is 0 Å². The van der Waals surface area contributed by atoms with Crippen LogP contribution in [-0.4, -0.2) is 17.0 Å². The van der Waals surface area contributed by atoms with Gasteiger partial charge in [0.25, 0.3) is 0 Å². The van der Waals surface area contributed by atoms with Crippen molar-refractivity contribution in [3.63, 3.8) is 0 Å². The molecule has 0 aliphatic heterocycles. The van der Waals surface area contributed by atoms with Crippen molar-refractivity contribution in [2.24, 2.45) is 0 Å². The molecule has 1 N–H and O–H groups in total. The topological polar surface area (TPSA) is 37.3 Å². The normalized spacial score (nSPS) is 13.2. The summed E-state index contributed by atoms with van der Waals surface area (Å²) in [6.45, 7) is 3.72. The molecule has 0 bridgehead atoms. The zero-order valence-corrected chi connectivity index (χ0v) is 6.05. The standard InChI is InChI=1S/C7H14O2/c1-3-5-7(9)6(8)4-2/h7,9H,3-5H2,1-2H3/t7-/m1/s1. The van der Waals surface area contributed by atoms with Crippen LogP contribution in [0.1, 0.15) is 33.1 Å². The number of rotatable bonds is 4.